The molecule has 0 fully saturated rings. The number of anilines is 1. The second-order valence-corrected chi connectivity index (χ2v) is 6.07. The third kappa shape index (κ3) is 5.76. The van der Waals surface area contributed by atoms with Gasteiger partial charge in [0.15, 0.2) is 0 Å². The van der Waals surface area contributed by atoms with Crippen LogP contribution >= 0.6 is 0 Å². The molecule has 152 valence electrons. The number of hydrogen-bond donors (Lipinski definition) is 3. The summed E-state index contributed by atoms with van der Waals surface area (Å²) < 4.78 is 6.01. The van der Waals surface area contributed by atoms with E-state index in [1.54, 1.807) is 24.7 Å². The lowest BCUT2D eigenvalue weighted by molar-refractivity contribution is 0.252. The molecule has 0 saturated heterocycles. The number of amides is 2. The van der Waals surface area contributed by atoms with Gasteiger partial charge in [0.05, 0.1) is 11.9 Å². The number of ether oxygens (including phenoxy) is 1. The van der Waals surface area contributed by atoms with E-state index in [2.05, 4.69) is 20.7 Å². The predicted octanol–water partition coefficient (Wildman–Crippen LogP) is 4.36. The Balaban J connectivity index is 0.00000145. The highest BCUT2D eigenvalue weighted by molar-refractivity contribution is 5.89. The first-order chi connectivity index (χ1) is 14.1. The normalized spacial score (nSPS) is 9.83. The molecule has 3 aromatic rings. The van der Waals surface area contributed by atoms with Gasteiger partial charge in [-0.3, -0.25) is 15.4 Å². The molecule has 0 saturated carbocycles. The highest BCUT2D eigenvalue weighted by Gasteiger charge is 2.11. The van der Waals surface area contributed by atoms with E-state index in [1.807, 2.05) is 58.0 Å². The van der Waals surface area contributed by atoms with Gasteiger partial charge in [-0.1, -0.05) is 32.0 Å². The van der Waals surface area contributed by atoms with Crippen LogP contribution in [0.4, 0.5) is 10.5 Å². The summed E-state index contributed by atoms with van der Waals surface area (Å²) in [5.41, 5.74) is 7.43. The smallest absolute Gasteiger partial charge is 0.333 e. The molecule has 0 aliphatic heterocycles. The first kappa shape index (κ1) is 21.8. The van der Waals surface area contributed by atoms with Crippen LogP contribution in [-0.2, 0) is 6.61 Å². The molecule has 2 amide bonds. The minimum absolute atomic E-state index is 0.311. The number of hydrogen-bond acceptors (Lipinski definition) is 5. The maximum atomic E-state index is 11.5. The number of hydrazine groups is 1. The Hall–Kier alpha value is -3.45. The number of nitrogens with two attached hydrogens (primary N) is 1. The zero-order chi connectivity index (χ0) is 21.2. The minimum atomic E-state index is -0.484. The Morgan fingerprint density at radius 2 is 1.86 bits per heavy atom. The van der Waals surface area contributed by atoms with Crippen LogP contribution in [0.15, 0.2) is 55.0 Å². The fraction of sp³-hybridized carbons (Fsp3) is 0.227. The van der Waals surface area contributed by atoms with Crippen molar-refractivity contribution in [2.24, 2.45) is 5.84 Å². The number of para-hydroxylation sites is 1. The van der Waals surface area contributed by atoms with Crippen LogP contribution in [0.25, 0.3) is 11.3 Å². The van der Waals surface area contributed by atoms with Crippen LogP contribution < -0.4 is 21.3 Å². The number of carbonyl (C=O) groups excluding carboxylic acids is 1. The summed E-state index contributed by atoms with van der Waals surface area (Å²) in [5, 5.41) is 2.68. The third-order valence-electron chi connectivity index (χ3n) is 4.14. The van der Waals surface area contributed by atoms with Crippen molar-refractivity contribution in [2.45, 2.75) is 34.3 Å². The van der Waals surface area contributed by atoms with Crippen molar-refractivity contribution in [1.29, 1.82) is 0 Å². The fourth-order valence-electron chi connectivity index (χ4n) is 2.74. The molecule has 7 nitrogen and oxygen atoms in total. The van der Waals surface area contributed by atoms with Gasteiger partial charge in [-0.15, -0.1) is 0 Å². The van der Waals surface area contributed by atoms with Gasteiger partial charge in [0.1, 0.15) is 12.4 Å². The average Bonchev–Trinajstić information content (AvgIpc) is 2.77. The molecule has 4 N–H and O–H groups in total. The molecule has 0 unspecified atom stereocenters. The number of aromatic nitrogens is 2. The molecule has 0 aliphatic carbocycles. The zero-order valence-electron chi connectivity index (χ0n) is 17.2. The van der Waals surface area contributed by atoms with Crippen LogP contribution in [0.2, 0.25) is 0 Å². The third-order valence-corrected chi connectivity index (χ3v) is 4.14. The van der Waals surface area contributed by atoms with E-state index in [-0.39, 0.29) is 0 Å². The quantitative estimate of drug-likeness (QED) is 0.339. The van der Waals surface area contributed by atoms with Crippen molar-refractivity contribution in [3.8, 4) is 17.0 Å². The van der Waals surface area contributed by atoms with Crippen molar-refractivity contribution < 1.29 is 9.53 Å². The molecule has 3 rings (SSSR count). The van der Waals surface area contributed by atoms with Gasteiger partial charge in [-0.2, -0.15) is 0 Å². The van der Waals surface area contributed by atoms with E-state index in [0.29, 0.717) is 12.3 Å². The minimum Gasteiger partial charge on any atom is -0.489 e. The van der Waals surface area contributed by atoms with Crippen LogP contribution in [0.3, 0.4) is 0 Å². The molecule has 0 aliphatic rings. The predicted molar refractivity (Wildman–Crippen MR) is 115 cm³/mol. The molecule has 0 radical (unpaired) electrons. The summed E-state index contributed by atoms with van der Waals surface area (Å²) in [6, 6.07) is 11.0. The van der Waals surface area contributed by atoms with Gasteiger partial charge in [0.2, 0.25) is 0 Å². The van der Waals surface area contributed by atoms with Crippen molar-refractivity contribution in [3.63, 3.8) is 0 Å². The van der Waals surface area contributed by atoms with E-state index in [1.165, 1.54) is 0 Å². The molecular weight excluding hydrogens is 366 g/mol. The van der Waals surface area contributed by atoms with Gasteiger partial charge in [0, 0.05) is 29.2 Å². The van der Waals surface area contributed by atoms with Crippen molar-refractivity contribution in [1.82, 2.24) is 15.4 Å². The van der Waals surface area contributed by atoms with Gasteiger partial charge in [-0.25, -0.2) is 10.6 Å². The standard InChI is InChI=1S/C20H21N5O2.C2H6/c1-13-10-19(14(2)9-16(13)18-11-22-7-8-23-18)27-12-15-5-3-4-6-17(15)24-20(26)25-21;1-2/h3-11H,12,21H2,1-2H3,(H2,24,25,26);1-2H3. The molecule has 29 heavy (non-hydrogen) atoms. The summed E-state index contributed by atoms with van der Waals surface area (Å²) in [4.78, 5) is 20.0. The Labute approximate surface area is 171 Å². The number of carbonyl (C=O) groups is 1. The number of aryl methyl sites for hydroxylation is 2. The Morgan fingerprint density at radius 1 is 1.10 bits per heavy atom. The van der Waals surface area contributed by atoms with Gasteiger partial charge in [-0.05, 0) is 43.2 Å². The molecule has 1 heterocycles. The van der Waals surface area contributed by atoms with E-state index < -0.39 is 6.03 Å². The first-order valence-electron chi connectivity index (χ1n) is 9.44. The number of benzene rings is 2. The van der Waals surface area contributed by atoms with Gasteiger partial charge in [0.25, 0.3) is 0 Å². The molecule has 0 spiro atoms. The van der Waals surface area contributed by atoms with Crippen molar-refractivity contribution in [3.05, 3.63) is 71.7 Å². The number of rotatable bonds is 5. The lowest BCUT2D eigenvalue weighted by Gasteiger charge is -2.15. The van der Waals surface area contributed by atoms with Crippen LogP contribution in [0.5, 0.6) is 5.75 Å². The van der Waals surface area contributed by atoms with Crippen LogP contribution in [0.1, 0.15) is 30.5 Å². The Kier molecular flexibility index (Phi) is 8.12. The van der Waals surface area contributed by atoms with Gasteiger partial charge < -0.3 is 10.1 Å². The SMILES string of the molecule is CC.Cc1cc(-c2cnccn2)c(C)cc1OCc1ccccc1NC(=O)NN. The number of nitrogens with zero attached hydrogens (tertiary/aromatic N) is 2. The van der Waals surface area contributed by atoms with E-state index in [0.717, 1.165) is 33.7 Å². The summed E-state index contributed by atoms with van der Waals surface area (Å²) in [7, 11) is 0. The van der Waals surface area contributed by atoms with E-state index in [4.69, 9.17) is 10.6 Å². The summed E-state index contributed by atoms with van der Waals surface area (Å²) >= 11 is 0. The summed E-state index contributed by atoms with van der Waals surface area (Å²) in [6.07, 6.45) is 5.07. The monoisotopic (exact) mass is 393 g/mol. The maximum absolute atomic E-state index is 11.5. The molecular formula is C22H27N5O2. The van der Waals surface area contributed by atoms with Crippen LogP contribution in [-0.4, -0.2) is 16.0 Å². The number of urea groups is 1. The maximum Gasteiger partial charge on any atom is 0.333 e. The highest BCUT2D eigenvalue weighted by Crippen LogP contribution is 2.29. The van der Waals surface area contributed by atoms with Gasteiger partial charge >= 0.3 is 6.03 Å². The molecule has 0 bridgehead atoms. The van der Waals surface area contributed by atoms with E-state index in [9.17, 15) is 4.79 Å². The lowest BCUT2D eigenvalue weighted by atomic mass is 10.0. The Bertz CT molecular complexity index is 945. The fourth-order valence-corrected chi connectivity index (χ4v) is 2.74. The van der Waals surface area contributed by atoms with Crippen LogP contribution in [0, 0.1) is 13.8 Å². The second kappa shape index (κ2) is 10.8. The topological polar surface area (TPSA) is 102 Å². The highest BCUT2D eigenvalue weighted by atomic mass is 16.5. The van der Waals surface area contributed by atoms with Crippen molar-refractivity contribution in [2.75, 3.05) is 5.32 Å². The average molecular weight is 393 g/mol. The molecule has 0 atom stereocenters. The largest absolute Gasteiger partial charge is 0.489 e. The molecule has 7 heteroatoms. The lowest BCUT2D eigenvalue weighted by Crippen LogP contribution is -2.34. The summed E-state index contributed by atoms with van der Waals surface area (Å²) in [5.74, 6) is 5.91. The second-order valence-electron chi connectivity index (χ2n) is 6.07. The zero-order valence-corrected chi connectivity index (χ0v) is 17.2. The summed E-state index contributed by atoms with van der Waals surface area (Å²) in [6.45, 7) is 8.31. The first-order valence-corrected chi connectivity index (χ1v) is 9.44. The molecule has 1 aromatic heterocycles. The van der Waals surface area contributed by atoms with Crippen molar-refractivity contribution >= 4 is 11.7 Å². The van der Waals surface area contributed by atoms with E-state index >= 15 is 0 Å². The Morgan fingerprint density at radius 3 is 2.55 bits per heavy atom. The molecule has 2 aromatic carbocycles. The number of nitrogens with one attached hydrogen (secondary N) is 2.